The van der Waals surface area contributed by atoms with Crippen LogP contribution in [-0.2, 0) is 4.79 Å². The Morgan fingerprint density at radius 3 is 2.31 bits per heavy atom. The van der Waals surface area contributed by atoms with E-state index in [9.17, 15) is 9.59 Å². The van der Waals surface area contributed by atoms with Crippen LogP contribution >= 0.6 is 0 Å². The summed E-state index contributed by atoms with van der Waals surface area (Å²) in [6, 6.07) is 28.4. The lowest BCUT2D eigenvalue weighted by atomic mass is 9.79. The predicted octanol–water partition coefficient (Wildman–Crippen LogP) is 5.73. The molecule has 2 fully saturated rings. The number of amides is 2. The van der Waals surface area contributed by atoms with Crippen molar-refractivity contribution in [3.05, 3.63) is 102 Å². The summed E-state index contributed by atoms with van der Waals surface area (Å²) < 4.78 is 0. The highest BCUT2D eigenvalue weighted by molar-refractivity contribution is 5.95. The van der Waals surface area contributed by atoms with Crippen molar-refractivity contribution in [1.29, 1.82) is 0 Å². The van der Waals surface area contributed by atoms with Crippen molar-refractivity contribution in [3.8, 4) is 0 Å². The molecular weight excluding hydrogens is 446 g/mol. The van der Waals surface area contributed by atoms with Gasteiger partial charge in [0.1, 0.15) is 0 Å². The van der Waals surface area contributed by atoms with Gasteiger partial charge in [-0.1, -0.05) is 79.6 Å². The van der Waals surface area contributed by atoms with Crippen LogP contribution < -0.4 is 10.6 Å². The molecule has 3 aromatic rings. The SMILES string of the molecule is O=C(N[C@H]1CCCC[C@@H]1C(=O)N1CC[C@H]2[C@@H](c3ccccc3)Nc3ccccc3[C@H]21)c1ccccc1. The number of fused-ring (bicyclic) bond motifs is 3. The Morgan fingerprint density at radius 2 is 1.50 bits per heavy atom. The first-order valence-electron chi connectivity index (χ1n) is 13.3. The maximum absolute atomic E-state index is 14.2. The fraction of sp³-hybridized carbons (Fsp3) is 0.355. The number of nitrogens with one attached hydrogen (secondary N) is 2. The van der Waals surface area contributed by atoms with E-state index in [1.54, 1.807) is 0 Å². The van der Waals surface area contributed by atoms with Crippen LogP contribution in [0.5, 0.6) is 0 Å². The molecule has 2 heterocycles. The van der Waals surface area contributed by atoms with Gasteiger partial charge in [0.05, 0.1) is 18.0 Å². The van der Waals surface area contributed by atoms with E-state index < -0.39 is 0 Å². The quantitative estimate of drug-likeness (QED) is 0.502. The van der Waals surface area contributed by atoms with E-state index in [-0.39, 0.29) is 35.9 Å². The molecule has 2 aliphatic heterocycles. The minimum atomic E-state index is -0.178. The van der Waals surface area contributed by atoms with Crippen molar-refractivity contribution < 1.29 is 9.59 Å². The first kappa shape index (κ1) is 22.8. The van der Waals surface area contributed by atoms with Gasteiger partial charge in [-0.15, -0.1) is 0 Å². The van der Waals surface area contributed by atoms with Crippen LogP contribution in [0.15, 0.2) is 84.9 Å². The van der Waals surface area contributed by atoms with E-state index in [1.807, 2.05) is 30.3 Å². The van der Waals surface area contributed by atoms with Gasteiger partial charge < -0.3 is 15.5 Å². The lowest BCUT2D eigenvalue weighted by Gasteiger charge is -2.42. The van der Waals surface area contributed by atoms with Gasteiger partial charge in [-0.05, 0) is 48.6 Å². The summed E-state index contributed by atoms with van der Waals surface area (Å²) in [5.41, 5.74) is 4.24. The molecule has 2 N–H and O–H groups in total. The van der Waals surface area contributed by atoms with Crippen molar-refractivity contribution in [2.45, 2.75) is 50.2 Å². The number of likely N-dealkylation sites (tertiary alicyclic amines) is 1. The van der Waals surface area contributed by atoms with Gasteiger partial charge in [0.2, 0.25) is 5.91 Å². The molecule has 0 radical (unpaired) electrons. The summed E-state index contributed by atoms with van der Waals surface area (Å²) in [6.45, 7) is 0.753. The molecule has 3 aliphatic rings. The van der Waals surface area contributed by atoms with Gasteiger partial charge in [0.15, 0.2) is 0 Å². The summed E-state index contributed by atoms with van der Waals surface area (Å²) in [5.74, 6) is 0.245. The fourth-order valence-electron chi connectivity index (χ4n) is 6.62. The number of carbonyl (C=O) groups excluding carboxylic acids is 2. The summed E-state index contributed by atoms with van der Waals surface area (Å²) >= 11 is 0. The van der Waals surface area contributed by atoms with Gasteiger partial charge in [-0.25, -0.2) is 0 Å². The maximum Gasteiger partial charge on any atom is 0.251 e. The second kappa shape index (κ2) is 9.81. The van der Waals surface area contributed by atoms with E-state index in [4.69, 9.17) is 0 Å². The van der Waals surface area contributed by atoms with Crippen LogP contribution in [0.2, 0.25) is 0 Å². The van der Waals surface area contributed by atoms with Crippen molar-refractivity contribution in [2.24, 2.45) is 11.8 Å². The maximum atomic E-state index is 14.2. The highest BCUT2D eigenvalue weighted by Crippen LogP contribution is 2.51. The Balaban J connectivity index is 1.28. The van der Waals surface area contributed by atoms with Crippen LogP contribution in [0.25, 0.3) is 0 Å². The monoisotopic (exact) mass is 479 g/mol. The average molecular weight is 480 g/mol. The third-order valence-corrected chi connectivity index (χ3v) is 8.34. The number of rotatable bonds is 4. The molecule has 36 heavy (non-hydrogen) atoms. The minimum Gasteiger partial charge on any atom is -0.378 e. The lowest BCUT2D eigenvalue weighted by Crippen LogP contribution is -2.50. The number of anilines is 1. The summed E-state index contributed by atoms with van der Waals surface area (Å²) in [4.78, 5) is 29.3. The highest BCUT2D eigenvalue weighted by Gasteiger charge is 2.48. The lowest BCUT2D eigenvalue weighted by molar-refractivity contribution is -0.138. The van der Waals surface area contributed by atoms with Gasteiger partial charge in [-0.3, -0.25) is 9.59 Å². The zero-order valence-corrected chi connectivity index (χ0v) is 20.5. The highest BCUT2D eigenvalue weighted by atomic mass is 16.2. The third-order valence-electron chi connectivity index (χ3n) is 8.34. The topological polar surface area (TPSA) is 61.4 Å². The summed E-state index contributed by atoms with van der Waals surface area (Å²) in [7, 11) is 0. The number of carbonyl (C=O) groups is 2. The zero-order valence-electron chi connectivity index (χ0n) is 20.5. The van der Waals surface area contributed by atoms with Crippen molar-refractivity contribution in [1.82, 2.24) is 10.2 Å². The Kier molecular flexibility index (Phi) is 6.22. The minimum absolute atomic E-state index is 0.0487. The van der Waals surface area contributed by atoms with Crippen molar-refractivity contribution >= 4 is 17.5 Å². The van der Waals surface area contributed by atoms with E-state index >= 15 is 0 Å². The van der Waals surface area contributed by atoms with Gasteiger partial charge in [-0.2, -0.15) is 0 Å². The molecular formula is C31H33N3O2. The van der Waals surface area contributed by atoms with E-state index in [1.165, 1.54) is 11.1 Å². The summed E-state index contributed by atoms with van der Waals surface area (Å²) in [5, 5.41) is 7.00. The van der Waals surface area contributed by atoms with E-state index in [2.05, 4.69) is 70.1 Å². The molecule has 6 rings (SSSR count). The molecule has 1 saturated carbocycles. The van der Waals surface area contributed by atoms with E-state index in [0.29, 0.717) is 11.5 Å². The molecule has 5 nitrogen and oxygen atoms in total. The third kappa shape index (κ3) is 4.17. The van der Waals surface area contributed by atoms with Gasteiger partial charge in [0.25, 0.3) is 5.91 Å². The molecule has 1 aliphatic carbocycles. The molecule has 0 bridgehead atoms. The predicted molar refractivity (Wildman–Crippen MR) is 141 cm³/mol. The van der Waals surface area contributed by atoms with Crippen molar-refractivity contribution in [3.63, 3.8) is 0 Å². The molecule has 0 spiro atoms. The number of hydrogen-bond acceptors (Lipinski definition) is 3. The normalized spacial score (nSPS) is 26.9. The molecule has 5 heteroatoms. The Hall–Kier alpha value is -3.60. The van der Waals surface area contributed by atoms with Crippen LogP contribution in [0.1, 0.15) is 65.7 Å². The van der Waals surface area contributed by atoms with Crippen LogP contribution in [0.4, 0.5) is 5.69 Å². The largest absolute Gasteiger partial charge is 0.378 e. The van der Waals surface area contributed by atoms with Crippen LogP contribution in [-0.4, -0.2) is 29.3 Å². The molecule has 0 unspecified atom stereocenters. The van der Waals surface area contributed by atoms with Gasteiger partial charge in [0, 0.05) is 29.8 Å². The standard InChI is InChI=1S/C31H33N3O2/c35-30(22-13-5-2-6-14-22)33-27-18-10-8-16-24(27)31(36)34-20-19-25-28(21-11-3-1-4-12-21)32-26-17-9-7-15-23(26)29(25)34/h1-7,9,11-15,17,24-25,27-29,32H,8,10,16,18-20H2,(H,33,35)/t24-,25-,27-,28+,29+/m0/s1. The Labute approximate surface area is 212 Å². The zero-order chi connectivity index (χ0) is 24.5. The molecule has 184 valence electrons. The number of para-hydroxylation sites is 1. The number of nitrogens with zero attached hydrogens (tertiary/aromatic N) is 1. The van der Waals surface area contributed by atoms with Crippen molar-refractivity contribution in [2.75, 3.05) is 11.9 Å². The van der Waals surface area contributed by atoms with Crippen LogP contribution in [0, 0.1) is 11.8 Å². The Bertz CT molecular complexity index is 1230. The average Bonchev–Trinajstić information content (AvgIpc) is 3.39. The van der Waals surface area contributed by atoms with Crippen LogP contribution in [0.3, 0.4) is 0 Å². The second-order valence-electron chi connectivity index (χ2n) is 10.4. The molecule has 5 atom stereocenters. The molecule has 2 amide bonds. The molecule has 1 saturated heterocycles. The Morgan fingerprint density at radius 1 is 0.806 bits per heavy atom. The first-order valence-corrected chi connectivity index (χ1v) is 13.3. The molecule has 0 aromatic heterocycles. The fourth-order valence-corrected chi connectivity index (χ4v) is 6.62. The number of benzene rings is 3. The van der Waals surface area contributed by atoms with Gasteiger partial charge >= 0.3 is 0 Å². The number of hydrogen-bond donors (Lipinski definition) is 2. The summed E-state index contributed by atoms with van der Waals surface area (Å²) in [6.07, 6.45) is 4.71. The smallest absolute Gasteiger partial charge is 0.251 e. The van der Waals surface area contributed by atoms with E-state index in [0.717, 1.165) is 44.3 Å². The first-order chi connectivity index (χ1) is 17.7. The second-order valence-corrected chi connectivity index (χ2v) is 10.4. The molecule has 3 aromatic carbocycles.